The van der Waals surface area contributed by atoms with Crippen LogP contribution in [0.1, 0.15) is 41.6 Å². The number of urea groups is 1. The summed E-state index contributed by atoms with van der Waals surface area (Å²) in [7, 11) is 0. The van der Waals surface area contributed by atoms with E-state index in [1.54, 1.807) is 6.07 Å². The minimum Gasteiger partial charge on any atom is -0.361 e. The van der Waals surface area contributed by atoms with Gasteiger partial charge in [-0.15, -0.1) is 0 Å². The Morgan fingerprint density at radius 1 is 1.12 bits per heavy atom. The molecule has 2 rings (SSSR count). The second-order valence-corrected chi connectivity index (χ2v) is 5.75. The Morgan fingerprint density at radius 2 is 1.80 bits per heavy atom. The fourth-order valence-corrected chi connectivity index (χ4v) is 1.97. The fraction of sp³-hybridized carbons (Fsp3) is 0.353. The van der Waals surface area contributed by atoms with E-state index in [4.69, 9.17) is 4.52 Å². The quantitative estimate of drug-likeness (QED) is 0.668. The third-order valence-corrected chi connectivity index (χ3v) is 3.38. The zero-order valence-electron chi connectivity index (χ0n) is 14.1. The van der Waals surface area contributed by atoms with Crippen molar-refractivity contribution in [1.29, 1.82) is 0 Å². The molecule has 0 bridgehead atoms. The Balaban J connectivity index is 1.63. The van der Waals surface area contributed by atoms with Gasteiger partial charge in [-0.05, 0) is 24.3 Å². The maximum Gasteiger partial charge on any atom is 0.315 e. The highest BCUT2D eigenvalue weighted by molar-refractivity contribution is 5.94. The van der Waals surface area contributed by atoms with E-state index in [0.717, 1.165) is 5.76 Å². The molecule has 0 aliphatic carbocycles. The van der Waals surface area contributed by atoms with Crippen molar-refractivity contribution >= 4 is 11.9 Å². The molecule has 0 fully saturated rings. The summed E-state index contributed by atoms with van der Waals surface area (Å²) in [5.41, 5.74) is 1.00. The van der Waals surface area contributed by atoms with Gasteiger partial charge in [-0.2, -0.15) is 0 Å². The van der Waals surface area contributed by atoms with Crippen molar-refractivity contribution in [3.8, 4) is 0 Å². The Morgan fingerprint density at radius 3 is 2.44 bits per heavy atom. The van der Waals surface area contributed by atoms with Crippen LogP contribution in [-0.4, -0.2) is 30.2 Å². The third kappa shape index (κ3) is 5.91. The summed E-state index contributed by atoms with van der Waals surface area (Å²) in [6.45, 7) is 4.75. The van der Waals surface area contributed by atoms with Crippen LogP contribution in [-0.2, 0) is 6.54 Å². The summed E-state index contributed by atoms with van der Waals surface area (Å²) in [6, 6.07) is 6.66. The zero-order chi connectivity index (χ0) is 18.2. The first-order valence-corrected chi connectivity index (χ1v) is 7.96. The molecule has 1 aromatic heterocycles. The van der Waals surface area contributed by atoms with Crippen LogP contribution in [0.3, 0.4) is 0 Å². The van der Waals surface area contributed by atoms with E-state index in [0.29, 0.717) is 11.3 Å². The summed E-state index contributed by atoms with van der Waals surface area (Å²) < 4.78 is 17.9. The van der Waals surface area contributed by atoms with Crippen molar-refractivity contribution in [2.45, 2.75) is 26.3 Å². The van der Waals surface area contributed by atoms with E-state index in [9.17, 15) is 14.0 Å². The Hall–Kier alpha value is -2.90. The average Bonchev–Trinajstić information content (AvgIpc) is 3.06. The van der Waals surface area contributed by atoms with Crippen molar-refractivity contribution in [2.24, 2.45) is 0 Å². The molecule has 25 heavy (non-hydrogen) atoms. The Bertz CT molecular complexity index is 713. The lowest BCUT2D eigenvalue weighted by molar-refractivity contribution is 0.0954. The van der Waals surface area contributed by atoms with Gasteiger partial charge in [-0.25, -0.2) is 9.18 Å². The van der Waals surface area contributed by atoms with Crippen molar-refractivity contribution in [2.75, 3.05) is 13.1 Å². The topological polar surface area (TPSA) is 96.3 Å². The van der Waals surface area contributed by atoms with Crippen LogP contribution in [0.5, 0.6) is 0 Å². The summed E-state index contributed by atoms with van der Waals surface area (Å²) in [4.78, 5) is 23.5. The summed E-state index contributed by atoms with van der Waals surface area (Å²) in [6.07, 6.45) is 0. The maximum absolute atomic E-state index is 12.8. The highest BCUT2D eigenvalue weighted by Crippen LogP contribution is 2.14. The van der Waals surface area contributed by atoms with E-state index in [1.807, 2.05) is 13.8 Å². The molecular formula is C17H21FN4O3. The van der Waals surface area contributed by atoms with Crippen molar-refractivity contribution in [3.05, 3.63) is 53.2 Å². The van der Waals surface area contributed by atoms with Gasteiger partial charge in [-0.1, -0.05) is 19.0 Å². The van der Waals surface area contributed by atoms with E-state index in [2.05, 4.69) is 21.1 Å². The summed E-state index contributed by atoms with van der Waals surface area (Å²) >= 11 is 0. The van der Waals surface area contributed by atoms with Gasteiger partial charge < -0.3 is 20.5 Å². The number of carbonyl (C=O) groups is 2. The molecule has 0 aliphatic heterocycles. The summed E-state index contributed by atoms with van der Waals surface area (Å²) in [5.74, 6) is 0.272. The van der Waals surface area contributed by atoms with Crippen LogP contribution in [0.2, 0.25) is 0 Å². The van der Waals surface area contributed by atoms with Crippen LogP contribution < -0.4 is 16.0 Å². The Kier molecular flexibility index (Phi) is 6.50. The molecule has 0 saturated carbocycles. The maximum atomic E-state index is 12.8. The zero-order valence-corrected chi connectivity index (χ0v) is 14.1. The highest BCUT2D eigenvalue weighted by Gasteiger charge is 2.09. The second-order valence-electron chi connectivity index (χ2n) is 5.75. The lowest BCUT2D eigenvalue weighted by atomic mass is 10.1. The molecule has 3 amide bonds. The van der Waals surface area contributed by atoms with Crippen molar-refractivity contribution in [1.82, 2.24) is 21.1 Å². The van der Waals surface area contributed by atoms with Crippen LogP contribution in [0.15, 0.2) is 34.9 Å². The molecule has 7 nitrogen and oxygen atoms in total. The number of benzene rings is 1. The number of hydrogen-bond donors (Lipinski definition) is 3. The predicted octanol–water partition coefficient (Wildman–Crippen LogP) is 2.17. The van der Waals surface area contributed by atoms with E-state index >= 15 is 0 Å². The molecule has 2 aromatic rings. The minimum absolute atomic E-state index is 0.236. The van der Waals surface area contributed by atoms with Crippen molar-refractivity contribution < 1.29 is 18.5 Å². The number of aromatic nitrogens is 1. The van der Waals surface area contributed by atoms with Gasteiger partial charge >= 0.3 is 6.03 Å². The number of halogens is 1. The van der Waals surface area contributed by atoms with E-state index in [1.165, 1.54) is 24.3 Å². The molecule has 3 N–H and O–H groups in total. The SMILES string of the molecule is CC(C)c1cc(CNC(=O)NCCNC(=O)c2ccc(F)cc2)no1. The average molecular weight is 348 g/mol. The molecule has 1 aromatic carbocycles. The van der Waals surface area contributed by atoms with E-state index < -0.39 is 5.82 Å². The third-order valence-electron chi connectivity index (χ3n) is 3.38. The fourth-order valence-electron chi connectivity index (χ4n) is 1.97. The minimum atomic E-state index is -0.400. The largest absolute Gasteiger partial charge is 0.361 e. The molecule has 0 saturated heterocycles. The molecule has 0 spiro atoms. The van der Waals surface area contributed by atoms with Gasteiger partial charge in [0.2, 0.25) is 0 Å². The van der Waals surface area contributed by atoms with Gasteiger partial charge in [-0.3, -0.25) is 4.79 Å². The standard InChI is InChI=1S/C17H21FN4O3/c1-11(2)15-9-14(22-25-15)10-21-17(24)20-8-7-19-16(23)12-3-5-13(18)6-4-12/h3-6,9,11H,7-8,10H2,1-2H3,(H,19,23)(H2,20,21,24). The molecule has 0 atom stereocenters. The van der Waals surface area contributed by atoms with Crippen LogP contribution >= 0.6 is 0 Å². The Labute approximate surface area is 145 Å². The number of hydrogen-bond acceptors (Lipinski definition) is 4. The van der Waals surface area contributed by atoms with Gasteiger partial charge in [0, 0.05) is 30.6 Å². The molecule has 8 heteroatoms. The molecule has 0 unspecified atom stereocenters. The second kappa shape index (κ2) is 8.81. The summed E-state index contributed by atoms with van der Waals surface area (Å²) in [5, 5.41) is 11.8. The number of nitrogens with zero attached hydrogens (tertiary/aromatic N) is 1. The predicted molar refractivity (Wildman–Crippen MR) is 89.6 cm³/mol. The molecule has 1 heterocycles. The van der Waals surface area contributed by atoms with Gasteiger partial charge in [0.15, 0.2) is 0 Å². The molecule has 134 valence electrons. The van der Waals surface area contributed by atoms with Gasteiger partial charge in [0.25, 0.3) is 5.91 Å². The smallest absolute Gasteiger partial charge is 0.315 e. The normalized spacial score (nSPS) is 10.6. The number of carbonyl (C=O) groups excluding carboxylic acids is 2. The van der Waals surface area contributed by atoms with Crippen LogP contribution in [0.4, 0.5) is 9.18 Å². The number of rotatable bonds is 7. The molecule has 0 radical (unpaired) electrons. The number of nitrogens with one attached hydrogen (secondary N) is 3. The molecule has 0 aliphatic rings. The lowest BCUT2D eigenvalue weighted by Gasteiger charge is -2.08. The first-order chi connectivity index (χ1) is 12.0. The van der Waals surface area contributed by atoms with E-state index in [-0.39, 0.29) is 37.5 Å². The number of amides is 3. The monoisotopic (exact) mass is 348 g/mol. The van der Waals surface area contributed by atoms with Gasteiger partial charge in [0.1, 0.15) is 17.3 Å². The van der Waals surface area contributed by atoms with Crippen LogP contribution in [0.25, 0.3) is 0 Å². The van der Waals surface area contributed by atoms with Crippen LogP contribution in [0, 0.1) is 5.82 Å². The highest BCUT2D eigenvalue weighted by atomic mass is 19.1. The first-order valence-electron chi connectivity index (χ1n) is 7.96. The molecular weight excluding hydrogens is 327 g/mol. The van der Waals surface area contributed by atoms with Crippen molar-refractivity contribution in [3.63, 3.8) is 0 Å². The lowest BCUT2D eigenvalue weighted by Crippen LogP contribution is -2.40. The van der Waals surface area contributed by atoms with Gasteiger partial charge in [0.05, 0.1) is 6.54 Å². The first kappa shape index (κ1) is 18.4.